The first-order valence-electron chi connectivity index (χ1n) is 7.86. The molecule has 1 aliphatic rings. The fourth-order valence-corrected chi connectivity index (χ4v) is 2.94. The highest BCUT2D eigenvalue weighted by Gasteiger charge is 2.24. The molecule has 1 heterocycles. The summed E-state index contributed by atoms with van der Waals surface area (Å²) in [6.45, 7) is 7.05. The van der Waals surface area contributed by atoms with Crippen LogP contribution in [0.3, 0.4) is 0 Å². The van der Waals surface area contributed by atoms with Gasteiger partial charge >= 0.3 is 0 Å². The van der Waals surface area contributed by atoms with Crippen LogP contribution in [0.2, 0.25) is 5.02 Å². The molecule has 0 aromatic heterocycles. The number of carbonyl (C=O) groups is 1. The van der Waals surface area contributed by atoms with Gasteiger partial charge in [-0.1, -0.05) is 37.6 Å². The monoisotopic (exact) mass is 308 g/mol. The minimum Gasteiger partial charge on any atom is -0.354 e. The van der Waals surface area contributed by atoms with E-state index in [0.29, 0.717) is 13.0 Å². The van der Waals surface area contributed by atoms with Crippen molar-refractivity contribution in [2.75, 3.05) is 19.6 Å². The fraction of sp³-hybridized carbons (Fsp3) is 0.588. The largest absolute Gasteiger partial charge is 0.354 e. The summed E-state index contributed by atoms with van der Waals surface area (Å²) in [4.78, 5) is 14.1. The molecular weight excluding hydrogens is 284 g/mol. The molecule has 116 valence electrons. The fourth-order valence-electron chi connectivity index (χ4n) is 2.82. The number of halogens is 1. The molecule has 0 bridgehead atoms. The van der Waals surface area contributed by atoms with Crippen molar-refractivity contribution < 1.29 is 4.79 Å². The van der Waals surface area contributed by atoms with Crippen molar-refractivity contribution >= 4 is 17.5 Å². The molecule has 0 aliphatic carbocycles. The third-order valence-corrected chi connectivity index (χ3v) is 4.58. The Morgan fingerprint density at radius 1 is 1.33 bits per heavy atom. The Balaban J connectivity index is 2.09. The topological polar surface area (TPSA) is 32.3 Å². The van der Waals surface area contributed by atoms with Gasteiger partial charge in [-0.3, -0.25) is 9.69 Å². The maximum absolute atomic E-state index is 11.6. The molecule has 1 N–H and O–H groups in total. The van der Waals surface area contributed by atoms with Crippen LogP contribution in [0.1, 0.15) is 44.7 Å². The quantitative estimate of drug-likeness (QED) is 0.900. The van der Waals surface area contributed by atoms with Crippen LogP contribution < -0.4 is 5.32 Å². The van der Waals surface area contributed by atoms with Crippen LogP contribution in [-0.4, -0.2) is 30.4 Å². The number of benzene rings is 1. The van der Waals surface area contributed by atoms with E-state index in [9.17, 15) is 4.79 Å². The molecule has 1 aliphatic heterocycles. The van der Waals surface area contributed by atoms with Crippen molar-refractivity contribution in [1.29, 1.82) is 0 Å². The zero-order valence-corrected chi connectivity index (χ0v) is 13.7. The van der Waals surface area contributed by atoms with Crippen LogP contribution in [0.25, 0.3) is 0 Å². The minimum absolute atomic E-state index is 0.111. The first kappa shape index (κ1) is 16.3. The number of hydrogen-bond donors (Lipinski definition) is 1. The maximum Gasteiger partial charge on any atom is 0.219 e. The summed E-state index contributed by atoms with van der Waals surface area (Å²) in [5, 5.41) is 3.79. The second kappa shape index (κ2) is 7.81. The van der Waals surface area contributed by atoms with Gasteiger partial charge in [0.1, 0.15) is 0 Å². The number of hydrogen-bond acceptors (Lipinski definition) is 2. The van der Waals surface area contributed by atoms with Gasteiger partial charge in [-0.25, -0.2) is 0 Å². The van der Waals surface area contributed by atoms with E-state index in [4.69, 9.17) is 11.6 Å². The predicted molar refractivity (Wildman–Crippen MR) is 87.5 cm³/mol. The van der Waals surface area contributed by atoms with Gasteiger partial charge in [-0.05, 0) is 49.5 Å². The van der Waals surface area contributed by atoms with Crippen LogP contribution >= 0.6 is 11.6 Å². The van der Waals surface area contributed by atoms with E-state index >= 15 is 0 Å². The zero-order chi connectivity index (χ0) is 15.2. The molecule has 1 aromatic carbocycles. The Hall–Kier alpha value is -1.06. The Bertz CT molecular complexity index is 452. The van der Waals surface area contributed by atoms with E-state index < -0.39 is 0 Å². The standard InChI is InChI=1S/C17H25ClN2O/c1-3-17(21)19-12-16(14-4-6-15(18)7-5-14)20-10-8-13(2)9-11-20/h4-7,13,16H,3,8-12H2,1-2H3,(H,19,21). The normalized spacial score (nSPS) is 18.4. The molecule has 1 atom stereocenters. The third kappa shape index (κ3) is 4.72. The molecule has 1 aromatic rings. The summed E-state index contributed by atoms with van der Waals surface area (Å²) in [5.41, 5.74) is 1.23. The first-order valence-corrected chi connectivity index (χ1v) is 8.24. The lowest BCUT2D eigenvalue weighted by Gasteiger charge is -2.37. The van der Waals surface area contributed by atoms with Crippen LogP contribution in [0.4, 0.5) is 0 Å². The lowest BCUT2D eigenvalue weighted by Crippen LogP contribution is -2.41. The summed E-state index contributed by atoms with van der Waals surface area (Å²) in [6, 6.07) is 8.24. The highest BCUT2D eigenvalue weighted by atomic mass is 35.5. The Kier molecular flexibility index (Phi) is 6.07. The van der Waals surface area contributed by atoms with Gasteiger partial charge in [0, 0.05) is 18.0 Å². The molecule has 0 spiro atoms. The number of nitrogens with zero attached hydrogens (tertiary/aromatic N) is 1. The molecule has 1 saturated heterocycles. The predicted octanol–water partition coefficient (Wildman–Crippen LogP) is 3.64. The Labute approximate surface area is 132 Å². The van der Waals surface area contributed by atoms with Gasteiger partial charge in [-0.15, -0.1) is 0 Å². The van der Waals surface area contributed by atoms with Gasteiger partial charge < -0.3 is 5.32 Å². The molecule has 2 rings (SSSR count). The lowest BCUT2D eigenvalue weighted by molar-refractivity contribution is -0.121. The highest BCUT2D eigenvalue weighted by molar-refractivity contribution is 6.30. The molecule has 21 heavy (non-hydrogen) atoms. The van der Waals surface area contributed by atoms with Crippen molar-refractivity contribution in [2.24, 2.45) is 5.92 Å². The molecule has 3 nitrogen and oxygen atoms in total. The van der Waals surface area contributed by atoms with E-state index in [0.717, 1.165) is 24.0 Å². The minimum atomic E-state index is 0.111. The molecule has 0 radical (unpaired) electrons. The van der Waals surface area contributed by atoms with Crippen molar-refractivity contribution in [3.8, 4) is 0 Å². The molecule has 4 heteroatoms. The smallest absolute Gasteiger partial charge is 0.219 e. The molecule has 1 amide bonds. The van der Waals surface area contributed by atoms with Gasteiger partial charge in [0.05, 0.1) is 6.04 Å². The number of carbonyl (C=O) groups excluding carboxylic acids is 1. The molecule has 0 saturated carbocycles. The van der Waals surface area contributed by atoms with Crippen LogP contribution in [-0.2, 0) is 4.79 Å². The summed E-state index contributed by atoms with van der Waals surface area (Å²) in [7, 11) is 0. The van der Waals surface area contributed by atoms with E-state index in [-0.39, 0.29) is 11.9 Å². The number of piperidine rings is 1. The lowest BCUT2D eigenvalue weighted by atomic mass is 9.95. The van der Waals surface area contributed by atoms with Gasteiger partial charge in [0.15, 0.2) is 0 Å². The zero-order valence-electron chi connectivity index (χ0n) is 12.9. The molecular formula is C17H25ClN2O. The highest BCUT2D eigenvalue weighted by Crippen LogP contribution is 2.27. The van der Waals surface area contributed by atoms with Crippen molar-refractivity contribution in [2.45, 2.75) is 39.2 Å². The van der Waals surface area contributed by atoms with E-state index in [1.165, 1.54) is 18.4 Å². The van der Waals surface area contributed by atoms with Gasteiger partial charge in [-0.2, -0.15) is 0 Å². The second-order valence-corrected chi connectivity index (χ2v) is 6.38. The first-order chi connectivity index (χ1) is 10.1. The summed E-state index contributed by atoms with van der Waals surface area (Å²) >= 11 is 5.99. The second-order valence-electron chi connectivity index (χ2n) is 5.94. The Morgan fingerprint density at radius 2 is 1.95 bits per heavy atom. The summed E-state index contributed by atoms with van der Waals surface area (Å²) in [5.74, 6) is 0.914. The summed E-state index contributed by atoms with van der Waals surface area (Å²) < 4.78 is 0. The van der Waals surface area contributed by atoms with Gasteiger partial charge in [0.2, 0.25) is 5.91 Å². The number of nitrogens with one attached hydrogen (secondary N) is 1. The average molecular weight is 309 g/mol. The van der Waals surface area contributed by atoms with Gasteiger partial charge in [0.25, 0.3) is 0 Å². The average Bonchev–Trinajstić information content (AvgIpc) is 2.50. The van der Waals surface area contributed by atoms with Crippen LogP contribution in [0.5, 0.6) is 0 Å². The van der Waals surface area contributed by atoms with Crippen molar-refractivity contribution in [3.05, 3.63) is 34.9 Å². The van der Waals surface area contributed by atoms with E-state index in [2.05, 4.69) is 29.3 Å². The maximum atomic E-state index is 11.6. The van der Waals surface area contributed by atoms with Crippen molar-refractivity contribution in [3.63, 3.8) is 0 Å². The van der Waals surface area contributed by atoms with E-state index in [1.54, 1.807) is 0 Å². The van der Waals surface area contributed by atoms with Crippen LogP contribution in [0, 0.1) is 5.92 Å². The number of rotatable bonds is 5. The number of likely N-dealkylation sites (tertiary alicyclic amines) is 1. The SMILES string of the molecule is CCC(=O)NCC(c1ccc(Cl)cc1)N1CCC(C)CC1. The summed E-state index contributed by atoms with van der Waals surface area (Å²) in [6.07, 6.45) is 2.99. The molecule has 1 fully saturated rings. The van der Waals surface area contributed by atoms with Crippen LogP contribution in [0.15, 0.2) is 24.3 Å². The Morgan fingerprint density at radius 3 is 2.52 bits per heavy atom. The number of amides is 1. The van der Waals surface area contributed by atoms with E-state index in [1.807, 2.05) is 19.1 Å². The van der Waals surface area contributed by atoms with Crippen molar-refractivity contribution in [1.82, 2.24) is 10.2 Å². The molecule has 1 unspecified atom stereocenters. The third-order valence-electron chi connectivity index (χ3n) is 4.33.